The van der Waals surface area contributed by atoms with Crippen molar-refractivity contribution in [3.8, 4) is 0 Å². The SMILES string of the molecule is Cc1ccc(F)cc1Nc1c(C)c(Cl)nc2ncnn12. The minimum Gasteiger partial charge on any atom is -0.339 e. The molecular formula is C13H11ClFN5. The molecule has 0 spiro atoms. The van der Waals surface area contributed by atoms with Crippen LogP contribution in [0.3, 0.4) is 0 Å². The van der Waals surface area contributed by atoms with E-state index < -0.39 is 0 Å². The van der Waals surface area contributed by atoms with Crippen LogP contribution >= 0.6 is 11.6 Å². The first-order chi connectivity index (χ1) is 9.56. The van der Waals surface area contributed by atoms with Crippen LogP contribution in [0.5, 0.6) is 0 Å². The highest BCUT2D eigenvalue weighted by Crippen LogP contribution is 2.27. The average Bonchev–Trinajstić information content (AvgIpc) is 2.86. The van der Waals surface area contributed by atoms with Crippen molar-refractivity contribution in [2.24, 2.45) is 0 Å². The van der Waals surface area contributed by atoms with E-state index >= 15 is 0 Å². The van der Waals surface area contributed by atoms with Gasteiger partial charge in [0, 0.05) is 11.3 Å². The number of aromatic nitrogens is 4. The molecule has 0 bridgehead atoms. The summed E-state index contributed by atoms with van der Waals surface area (Å²) in [6.45, 7) is 3.70. The van der Waals surface area contributed by atoms with Gasteiger partial charge in [-0.05, 0) is 31.5 Å². The van der Waals surface area contributed by atoms with Crippen molar-refractivity contribution < 1.29 is 4.39 Å². The minimum atomic E-state index is -0.314. The number of rotatable bonds is 2. The third kappa shape index (κ3) is 2.08. The van der Waals surface area contributed by atoms with Crippen molar-refractivity contribution in [1.29, 1.82) is 0 Å². The molecule has 7 heteroatoms. The normalized spacial score (nSPS) is 11.0. The molecule has 0 fully saturated rings. The van der Waals surface area contributed by atoms with Crippen LogP contribution in [0.25, 0.3) is 5.78 Å². The van der Waals surface area contributed by atoms with Crippen LogP contribution in [0.1, 0.15) is 11.1 Å². The predicted octanol–water partition coefficient (Wildman–Crippen LogP) is 3.28. The lowest BCUT2D eigenvalue weighted by atomic mass is 10.2. The van der Waals surface area contributed by atoms with Crippen LogP contribution in [0.15, 0.2) is 24.5 Å². The molecule has 0 saturated heterocycles. The van der Waals surface area contributed by atoms with E-state index in [1.165, 1.54) is 23.0 Å². The maximum Gasteiger partial charge on any atom is 0.255 e. The molecule has 5 nitrogen and oxygen atoms in total. The van der Waals surface area contributed by atoms with Gasteiger partial charge in [0.15, 0.2) is 0 Å². The van der Waals surface area contributed by atoms with Crippen molar-refractivity contribution in [3.63, 3.8) is 0 Å². The molecule has 1 aromatic carbocycles. The van der Waals surface area contributed by atoms with E-state index in [4.69, 9.17) is 11.6 Å². The van der Waals surface area contributed by atoms with Gasteiger partial charge in [-0.1, -0.05) is 17.7 Å². The van der Waals surface area contributed by atoms with E-state index in [0.717, 1.165) is 5.56 Å². The van der Waals surface area contributed by atoms with Crippen LogP contribution < -0.4 is 5.32 Å². The number of aryl methyl sites for hydroxylation is 1. The fourth-order valence-corrected chi connectivity index (χ4v) is 2.07. The Bertz CT molecular complexity index is 799. The van der Waals surface area contributed by atoms with E-state index in [-0.39, 0.29) is 5.82 Å². The van der Waals surface area contributed by atoms with Gasteiger partial charge >= 0.3 is 0 Å². The fraction of sp³-hybridized carbons (Fsp3) is 0.154. The van der Waals surface area contributed by atoms with E-state index in [9.17, 15) is 4.39 Å². The monoisotopic (exact) mass is 291 g/mol. The number of benzene rings is 1. The number of fused-ring (bicyclic) bond motifs is 1. The van der Waals surface area contributed by atoms with Crippen LogP contribution in [-0.4, -0.2) is 19.6 Å². The zero-order chi connectivity index (χ0) is 14.3. The van der Waals surface area contributed by atoms with Gasteiger partial charge in [-0.3, -0.25) is 0 Å². The lowest BCUT2D eigenvalue weighted by Crippen LogP contribution is -2.06. The van der Waals surface area contributed by atoms with Crippen LogP contribution in [0.2, 0.25) is 5.15 Å². The summed E-state index contributed by atoms with van der Waals surface area (Å²) >= 11 is 6.08. The summed E-state index contributed by atoms with van der Waals surface area (Å²) in [4.78, 5) is 8.12. The number of hydrogen-bond acceptors (Lipinski definition) is 4. The molecule has 102 valence electrons. The molecule has 3 rings (SSSR count). The molecule has 0 aliphatic carbocycles. The summed E-state index contributed by atoms with van der Waals surface area (Å²) in [6.07, 6.45) is 1.39. The van der Waals surface area contributed by atoms with Gasteiger partial charge in [0.1, 0.15) is 23.1 Å². The second kappa shape index (κ2) is 4.72. The van der Waals surface area contributed by atoms with Crippen LogP contribution in [0.4, 0.5) is 15.9 Å². The van der Waals surface area contributed by atoms with Gasteiger partial charge < -0.3 is 5.32 Å². The summed E-state index contributed by atoms with van der Waals surface area (Å²) in [6, 6.07) is 4.54. The molecule has 2 aromatic heterocycles. The van der Waals surface area contributed by atoms with E-state index in [1.807, 2.05) is 13.8 Å². The number of nitrogens with zero attached hydrogens (tertiary/aromatic N) is 4. The molecule has 0 radical (unpaired) electrons. The van der Waals surface area contributed by atoms with Crippen molar-refractivity contribution in [1.82, 2.24) is 19.6 Å². The largest absolute Gasteiger partial charge is 0.339 e. The fourth-order valence-electron chi connectivity index (χ4n) is 1.90. The van der Waals surface area contributed by atoms with E-state index in [2.05, 4.69) is 20.4 Å². The Kier molecular flexibility index (Phi) is 3.02. The Morgan fingerprint density at radius 2 is 2.10 bits per heavy atom. The zero-order valence-electron chi connectivity index (χ0n) is 10.9. The molecule has 0 saturated carbocycles. The molecular weight excluding hydrogens is 281 g/mol. The molecule has 0 amide bonds. The molecule has 0 aliphatic heterocycles. The smallest absolute Gasteiger partial charge is 0.255 e. The first-order valence-electron chi connectivity index (χ1n) is 5.95. The van der Waals surface area contributed by atoms with Gasteiger partial charge in [0.2, 0.25) is 0 Å². The molecule has 2 heterocycles. The second-order valence-electron chi connectivity index (χ2n) is 4.43. The average molecular weight is 292 g/mol. The minimum absolute atomic E-state index is 0.314. The Labute approximate surface area is 119 Å². The Morgan fingerprint density at radius 1 is 1.30 bits per heavy atom. The lowest BCUT2D eigenvalue weighted by Gasteiger charge is -2.13. The first-order valence-corrected chi connectivity index (χ1v) is 6.33. The maximum absolute atomic E-state index is 13.4. The number of anilines is 2. The standard InChI is InChI=1S/C13H11ClFN5/c1-7-3-4-9(15)5-10(7)18-12-8(2)11(14)19-13-16-6-17-20(12)13/h3-6,18H,1-2H3. The van der Waals surface area contributed by atoms with Gasteiger partial charge in [0.25, 0.3) is 5.78 Å². The molecule has 1 N–H and O–H groups in total. The number of hydrogen-bond donors (Lipinski definition) is 1. The van der Waals surface area contributed by atoms with E-state index in [1.54, 1.807) is 6.07 Å². The second-order valence-corrected chi connectivity index (χ2v) is 4.79. The number of nitrogens with one attached hydrogen (secondary N) is 1. The predicted molar refractivity (Wildman–Crippen MR) is 74.9 cm³/mol. The maximum atomic E-state index is 13.4. The summed E-state index contributed by atoms with van der Waals surface area (Å²) < 4.78 is 14.9. The van der Waals surface area contributed by atoms with Crippen molar-refractivity contribution >= 4 is 28.9 Å². The van der Waals surface area contributed by atoms with Crippen LogP contribution in [0, 0.1) is 19.7 Å². The quantitative estimate of drug-likeness (QED) is 0.736. The molecule has 0 atom stereocenters. The highest BCUT2D eigenvalue weighted by Gasteiger charge is 2.13. The van der Waals surface area contributed by atoms with E-state index in [0.29, 0.717) is 28.0 Å². The summed E-state index contributed by atoms with van der Waals surface area (Å²) in [5.41, 5.74) is 2.27. The summed E-state index contributed by atoms with van der Waals surface area (Å²) in [5, 5.41) is 7.58. The van der Waals surface area contributed by atoms with Crippen LogP contribution in [-0.2, 0) is 0 Å². The highest BCUT2D eigenvalue weighted by atomic mass is 35.5. The molecule has 0 aliphatic rings. The van der Waals surface area contributed by atoms with Gasteiger partial charge in [-0.25, -0.2) is 4.39 Å². The third-order valence-corrected chi connectivity index (χ3v) is 3.43. The zero-order valence-corrected chi connectivity index (χ0v) is 11.6. The lowest BCUT2D eigenvalue weighted by molar-refractivity contribution is 0.628. The third-order valence-electron chi connectivity index (χ3n) is 3.06. The Hall–Kier alpha value is -2.21. The Morgan fingerprint density at radius 3 is 2.90 bits per heavy atom. The summed E-state index contributed by atoms with van der Waals surface area (Å²) in [5.74, 6) is 0.689. The first kappa shape index (κ1) is 12.8. The molecule has 3 aromatic rings. The molecule has 20 heavy (non-hydrogen) atoms. The summed E-state index contributed by atoms with van der Waals surface area (Å²) in [7, 11) is 0. The van der Waals surface area contributed by atoms with Crippen molar-refractivity contribution in [2.75, 3.05) is 5.32 Å². The topological polar surface area (TPSA) is 55.1 Å². The van der Waals surface area contributed by atoms with Crippen molar-refractivity contribution in [2.45, 2.75) is 13.8 Å². The van der Waals surface area contributed by atoms with Gasteiger partial charge in [-0.15, -0.1) is 0 Å². The Balaban J connectivity index is 2.17. The van der Waals surface area contributed by atoms with Gasteiger partial charge in [-0.2, -0.15) is 19.6 Å². The van der Waals surface area contributed by atoms with Gasteiger partial charge in [0.05, 0.1) is 0 Å². The highest BCUT2D eigenvalue weighted by molar-refractivity contribution is 6.30. The molecule has 0 unspecified atom stereocenters. The van der Waals surface area contributed by atoms with Crippen molar-refractivity contribution in [3.05, 3.63) is 46.6 Å². The number of halogens is 2.